The van der Waals surface area contributed by atoms with Gasteiger partial charge in [-0.15, -0.1) is 4.37 Å². The first-order valence-electron chi connectivity index (χ1n) is 6.55. The predicted octanol–water partition coefficient (Wildman–Crippen LogP) is 1.86. The van der Waals surface area contributed by atoms with Crippen LogP contribution >= 0.6 is 11.7 Å². The molecule has 1 atom stereocenters. The SMILES string of the molecule is CCC1CCCCN1c1nsnc1OCC(=O)OC. The van der Waals surface area contributed by atoms with Crippen LogP contribution in [-0.2, 0) is 9.53 Å². The Morgan fingerprint density at radius 3 is 3.05 bits per heavy atom. The third kappa shape index (κ3) is 3.34. The molecule has 1 aliphatic rings. The zero-order chi connectivity index (χ0) is 13.7. The maximum absolute atomic E-state index is 11.1. The largest absolute Gasteiger partial charge is 0.466 e. The summed E-state index contributed by atoms with van der Waals surface area (Å²) < 4.78 is 18.4. The molecule has 0 bridgehead atoms. The van der Waals surface area contributed by atoms with Gasteiger partial charge in [0.2, 0.25) is 5.82 Å². The highest BCUT2D eigenvalue weighted by Crippen LogP contribution is 2.32. The molecule has 2 rings (SSSR count). The van der Waals surface area contributed by atoms with Gasteiger partial charge in [0.15, 0.2) is 6.61 Å². The van der Waals surface area contributed by atoms with Crippen LogP contribution in [0.25, 0.3) is 0 Å². The van der Waals surface area contributed by atoms with Gasteiger partial charge >= 0.3 is 5.97 Å². The average Bonchev–Trinajstić information content (AvgIpc) is 2.92. The van der Waals surface area contributed by atoms with Crippen LogP contribution in [0.3, 0.4) is 0 Å². The zero-order valence-corrected chi connectivity index (χ0v) is 12.1. The molecule has 0 radical (unpaired) electrons. The minimum atomic E-state index is -0.412. The summed E-state index contributed by atoms with van der Waals surface area (Å²) in [5.41, 5.74) is 0. The van der Waals surface area contributed by atoms with Crippen molar-refractivity contribution in [2.75, 3.05) is 25.2 Å². The Labute approximate surface area is 117 Å². The van der Waals surface area contributed by atoms with E-state index in [0.29, 0.717) is 11.9 Å². The van der Waals surface area contributed by atoms with E-state index in [1.807, 2.05) is 0 Å². The second-order valence-electron chi connectivity index (χ2n) is 4.51. The van der Waals surface area contributed by atoms with E-state index < -0.39 is 5.97 Å². The average molecular weight is 285 g/mol. The first-order valence-corrected chi connectivity index (χ1v) is 7.28. The van der Waals surface area contributed by atoms with Gasteiger partial charge in [-0.1, -0.05) is 6.92 Å². The normalized spacial score (nSPS) is 19.3. The molecule has 0 spiro atoms. The summed E-state index contributed by atoms with van der Waals surface area (Å²) in [5, 5.41) is 0. The summed E-state index contributed by atoms with van der Waals surface area (Å²) in [6.45, 7) is 3.02. The number of rotatable bonds is 5. The van der Waals surface area contributed by atoms with Crippen molar-refractivity contribution in [3.8, 4) is 5.88 Å². The molecule has 106 valence electrons. The van der Waals surface area contributed by atoms with E-state index in [1.165, 1.54) is 20.0 Å². The van der Waals surface area contributed by atoms with Crippen molar-refractivity contribution < 1.29 is 14.3 Å². The quantitative estimate of drug-likeness (QED) is 0.769. The summed E-state index contributed by atoms with van der Waals surface area (Å²) in [7, 11) is 1.34. The van der Waals surface area contributed by atoms with Gasteiger partial charge in [-0.3, -0.25) is 0 Å². The van der Waals surface area contributed by atoms with Crippen molar-refractivity contribution >= 4 is 23.5 Å². The standard InChI is InChI=1S/C12H19N3O3S/c1-3-9-6-4-5-7-15(9)11-12(14-19-13-11)18-8-10(16)17-2/h9H,3-8H2,1-2H3. The number of carbonyl (C=O) groups is 1. The molecule has 0 saturated carbocycles. The number of anilines is 1. The van der Waals surface area contributed by atoms with Crippen molar-refractivity contribution in [1.82, 2.24) is 8.75 Å². The van der Waals surface area contributed by atoms with Gasteiger partial charge in [-0.05, 0) is 25.7 Å². The molecule has 1 aromatic rings. The van der Waals surface area contributed by atoms with Gasteiger partial charge in [0, 0.05) is 12.6 Å². The molecule has 6 nitrogen and oxygen atoms in total. The van der Waals surface area contributed by atoms with Crippen LogP contribution in [0.1, 0.15) is 32.6 Å². The summed E-state index contributed by atoms with van der Waals surface area (Å²) in [6.07, 6.45) is 4.66. The summed E-state index contributed by atoms with van der Waals surface area (Å²) >= 11 is 1.11. The molecule has 1 aromatic heterocycles. The predicted molar refractivity (Wildman–Crippen MR) is 72.7 cm³/mol. The van der Waals surface area contributed by atoms with E-state index in [0.717, 1.165) is 36.9 Å². The van der Waals surface area contributed by atoms with Crippen LogP contribution in [-0.4, -0.2) is 41.0 Å². The highest BCUT2D eigenvalue weighted by atomic mass is 32.1. The molecule has 1 unspecified atom stereocenters. The maximum Gasteiger partial charge on any atom is 0.343 e. The second kappa shape index (κ2) is 6.70. The highest BCUT2D eigenvalue weighted by molar-refractivity contribution is 6.99. The lowest BCUT2D eigenvalue weighted by molar-refractivity contribution is -0.142. The van der Waals surface area contributed by atoms with E-state index in [1.54, 1.807) is 0 Å². The Balaban J connectivity index is 2.07. The summed E-state index contributed by atoms with van der Waals surface area (Å²) in [5.74, 6) is 0.792. The van der Waals surface area contributed by atoms with Crippen molar-refractivity contribution in [3.05, 3.63) is 0 Å². The number of ether oxygens (including phenoxy) is 2. The molecule has 19 heavy (non-hydrogen) atoms. The molecule has 7 heteroatoms. The lowest BCUT2D eigenvalue weighted by Crippen LogP contribution is -2.39. The van der Waals surface area contributed by atoms with E-state index >= 15 is 0 Å². The molecule has 0 amide bonds. The van der Waals surface area contributed by atoms with Crippen molar-refractivity contribution in [3.63, 3.8) is 0 Å². The van der Waals surface area contributed by atoms with Crippen molar-refractivity contribution in [1.29, 1.82) is 0 Å². The number of aromatic nitrogens is 2. The van der Waals surface area contributed by atoms with E-state index in [4.69, 9.17) is 4.74 Å². The van der Waals surface area contributed by atoms with Crippen molar-refractivity contribution in [2.45, 2.75) is 38.6 Å². The molecular formula is C12H19N3O3S. The number of carbonyl (C=O) groups excluding carboxylic acids is 1. The van der Waals surface area contributed by atoms with Crippen LogP contribution in [0.4, 0.5) is 5.82 Å². The molecule has 1 saturated heterocycles. The summed E-state index contributed by atoms with van der Waals surface area (Å²) in [6, 6.07) is 0.484. The van der Waals surface area contributed by atoms with Gasteiger partial charge in [-0.25, -0.2) is 4.79 Å². The van der Waals surface area contributed by atoms with Crippen molar-refractivity contribution in [2.24, 2.45) is 0 Å². The van der Waals surface area contributed by atoms with Gasteiger partial charge in [0.25, 0.3) is 5.88 Å². The number of hydrogen-bond donors (Lipinski definition) is 0. The third-order valence-corrected chi connectivity index (χ3v) is 3.87. The smallest absolute Gasteiger partial charge is 0.343 e. The lowest BCUT2D eigenvalue weighted by Gasteiger charge is -2.35. The zero-order valence-electron chi connectivity index (χ0n) is 11.3. The molecule has 2 heterocycles. The number of esters is 1. The minimum Gasteiger partial charge on any atom is -0.466 e. The lowest BCUT2D eigenvalue weighted by atomic mass is 10.0. The van der Waals surface area contributed by atoms with Crippen LogP contribution in [0.2, 0.25) is 0 Å². The Bertz CT molecular complexity index is 424. The second-order valence-corrected chi connectivity index (χ2v) is 5.04. The number of methoxy groups -OCH3 is 1. The Morgan fingerprint density at radius 1 is 1.47 bits per heavy atom. The van der Waals surface area contributed by atoms with Crippen LogP contribution in [0.15, 0.2) is 0 Å². The van der Waals surface area contributed by atoms with Gasteiger partial charge < -0.3 is 14.4 Å². The van der Waals surface area contributed by atoms with E-state index in [9.17, 15) is 4.79 Å². The molecule has 0 N–H and O–H groups in total. The molecular weight excluding hydrogens is 266 g/mol. The topological polar surface area (TPSA) is 64.5 Å². The highest BCUT2D eigenvalue weighted by Gasteiger charge is 2.26. The fourth-order valence-electron chi connectivity index (χ4n) is 2.33. The van der Waals surface area contributed by atoms with Gasteiger partial charge in [-0.2, -0.15) is 4.37 Å². The molecule has 1 aliphatic heterocycles. The van der Waals surface area contributed by atoms with Crippen LogP contribution < -0.4 is 9.64 Å². The van der Waals surface area contributed by atoms with Crippen LogP contribution in [0, 0.1) is 0 Å². The van der Waals surface area contributed by atoms with E-state index in [2.05, 4.69) is 25.3 Å². The Kier molecular flexibility index (Phi) is 4.95. The van der Waals surface area contributed by atoms with Gasteiger partial charge in [0.05, 0.1) is 18.8 Å². The van der Waals surface area contributed by atoms with Crippen LogP contribution in [0.5, 0.6) is 5.88 Å². The van der Waals surface area contributed by atoms with E-state index in [-0.39, 0.29) is 6.61 Å². The Morgan fingerprint density at radius 2 is 2.32 bits per heavy atom. The molecule has 1 fully saturated rings. The number of nitrogens with zero attached hydrogens (tertiary/aromatic N) is 3. The Hall–Kier alpha value is -1.37. The fourth-order valence-corrected chi connectivity index (χ4v) is 2.84. The number of hydrogen-bond acceptors (Lipinski definition) is 7. The molecule has 0 aromatic carbocycles. The first kappa shape index (κ1) is 14.0. The van der Waals surface area contributed by atoms with Gasteiger partial charge in [0.1, 0.15) is 0 Å². The molecule has 0 aliphatic carbocycles. The maximum atomic E-state index is 11.1. The number of piperidine rings is 1. The summed E-state index contributed by atoms with van der Waals surface area (Å²) in [4.78, 5) is 13.4. The fraction of sp³-hybridized carbons (Fsp3) is 0.750. The monoisotopic (exact) mass is 285 g/mol. The first-order chi connectivity index (χ1) is 9.26. The minimum absolute atomic E-state index is 0.125. The third-order valence-electron chi connectivity index (χ3n) is 3.37.